The van der Waals surface area contributed by atoms with Gasteiger partial charge in [-0.15, -0.1) is 5.10 Å². The molecule has 0 aliphatic rings. The highest BCUT2D eigenvalue weighted by Crippen LogP contribution is 1.99. The summed E-state index contributed by atoms with van der Waals surface area (Å²) in [7, 11) is 0. The Hall–Kier alpha value is -0.900. The van der Waals surface area contributed by atoms with Crippen LogP contribution < -0.4 is 5.73 Å². The molecule has 12 heavy (non-hydrogen) atoms. The summed E-state index contributed by atoms with van der Waals surface area (Å²) >= 11 is 0. The molecule has 0 bridgehead atoms. The zero-order chi connectivity index (χ0) is 8.81. The number of aromatic nitrogens is 3. The third kappa shape index (κ3) is 2.30. The SMILES string of the molecule is CCc1cnnn1CCCCN. The first-order chi connectivity index (χ1) is 5.88. The largest absolute Gasteiger partial charge is 0.330 e. The second-order valence-electron chi connectivity index (χ2n) is 2.80. The average molecular weight is 168 g/mol. The number of hydrogen-bond acceptors (Lipinski definition) is 3. The molecule has 1 aromatic rings. The highest BCUT2D eigenvalue weighted by molar-refractivity contribution is 4.92. The van der Waals surface area contributed by atoms with Crippen molar-refractivity contribution in [2.45, 2.75) is 32.7 Å². The van der Waals surface area contributed by atoms with Crippen molar-refractivity contribution in [3.05, 3.63) is 11.9 Å². The molecule has 68 valence electrons. The summed E-state index contributed by atoms with van der Waals surface area (Å²) in [5, 5.41) is 7.84. The molecule has 0 atom stereocenters. The molecule has 1 rings (SSSR count). The molecule has 0 amide bonds. The van der Waals surface area contributed by atoms with E-state index in [-0.39, 0.29) is 0 Å². The molecule has 0 fully saturated rings. The number of unbranched alkanes of at least 4 members (excludes halogenated alkanes) is 1. The van der Waals surface area contributed by atoms with Gasteiger partial charge < -0.3 is 5.73 Å². The van der Waals surface area contributed by atoms with Gasteiger partial charge in [-0.1, -0.05) is 12.1 Å². The van der Waals surface area contributed by atoms with Crippen LogP contribution in [0.4, 0.5) is 0 Å². The van der Waals surface area contributed by atoms with Crippen LogP contribution in [-0.2, 0) is 13.0 Å². The summed E-state index contributed by atoms with van der Waals surface area (Å²) in [5.74, 6) is 0. The Morgan fingerprint density at radius 2 is 2.33 bits per heavy atom. The number of nitrogens with two attached hydrogens (primary N) is 1. The highest BCUT2D eigenvalue weighted by atomic mass is 15.4. The van der Waals surface area contributed by atoms with Crippen LogP contribution in [-0.4, -0.2) is 21.5 Å². The number of rotatable bonds is 5. The molecule has 0 unspecified atom stereocenters. The molecule has 0 radical (unpaired) electrons. The van der Waals surface area contributed by atoms with Crippen LogP contribution in [0.5, 0.6) is 0 Å². The van der Waals surface area contributed by atoms with Crippen molar-refractivity contribution in [2.75, 3.05) is 6.54 Å². The molecule has 0 aliphatic heterocycles. The molecular formula is C8H16N4. The normalized spacial score (nSPS) is 10.5. The molecule has 1 aromatic heterocycles. The second kappa shape index (κ2) is 4.87. The summed E-state index contributed by atoms with van der Waals surface area (Å²) < 4.78 is 1.95. The van der Waals surface area contributed by atoms with Gasteiger partial charge in [0.05, 0.1) is 11.9 Å². The first-order valence-corrected chi connectivity index (χ1v) is 4.46. The Kier molecular flexibility index (Phi) is 3.73. The maximum Gasteiger partial charge on any atom is 0.0725 e. The molecule has 0 saturated carbocycles. The Balaban J connectivity index is 2.39. The average Bonchev–Trinajstić information content (AvgIpc) is 2.52. The number of aryl methyl sites for hydroxylation is 2. The topological polar surface area (TPSA) is 56.7 Å². The van der Waals surface area contributed by atoms with E-state index in [9.17, 15) is 0 Å². The lowest BCUT2D eigenvalue weighted by Crippen LogP contribution is -2.07. The van der Waals surface area contributed by atoms with Gasteiger partial charge >= 0.3 is 0 Å². The fraction of sp³-hybridized carbons (Fsp3) is 0.750. The Morgan fingerprint density at radius 1 is 1.50 bits per heavy atom. The van der Waals surface area contributed by atoms with Crippen molar-refractivity contribution in [1.82, 2.24) is 15.0 Å². The Morgan fingerprint density at radius 3 is 3.00 bits per heavy atom. The summed E-state index contributed by atoms with van der Waals surface area (Å²) in [6.45, 7) is 3.81. The zero-order valence-corrected chi connectivity index (χ0v) is 7.53. The number of nitrogens with zero attached hydrogens (tertiary/aromatic N) is 3. The predicted molar refractivity (Wildman–Crippen MR) is 47.7 cm³/mol. The predicted octanol–water partition coefficient (Wildman–Crippen LogP) is 0.579. The molecule has 0 aliphatic carbocycles. The quantitative estimate of drug-likeness (QED) is 0.654. The molecule has 0 saturated heterocycles. The van der Waals surface area contributed by atoms with E-state index >= 15 is 0 Å². The van der Waals surface area contributed by atoms with E-state index in [1.54, 1.807) is 0 Å². The monoisotopic (exact) mass is 168 g/mol. The molecule has 0 spiro atoms. The van der Waals surface area contributed by atoms with E-state index < -0.39 is 0 Å². The smallest absolute Gasteiger partial charge is 0.0725 e. The van der Waals surface area contributed by atoms with Crippen LogP contribution >= 0.6 is 0 Å². The van der Waals surface area contributed by atoms with Gasteiger partial charge in [0.2, 0.25) is 0 Å². The standard InChI is InChI=1S/C8H16N4/c1-2-8-7-10-11-12(8)6-4-3-5-9/h7H,2-6,9H2,1H3. The van der Waals surface area contributed by atoms with Crippen molar-refractivity contribution < 1.29 is 0 Å². The maximum absolute atomic E-state index is 5.39. The maximum atomic E-state index is 5.39. The molecule has 2 N–H and O–H groups in total. The van der Waals surface area contributed by atoms with Gasteiger partial charge in [-0.3, -0.25) is 0 Å². The third-order valence-corrected chi connectivity index (χ3v) is 1.88. The van der Waals surface area contributed by atoms with Gasteiger partial charge in [-0.05, 0) is 25.8 Å². The Bertz CT molecular complexity index is 219. The fourth-order valence-electron chi connectivity index (χ4n) is 1.15. The van der Waals surface area contributed by atoms with Crippen LogP contribution in [0, 0.1) is 0 Å². The minimum absolute atomic E-state index is 0.760. The van der Waals surface area contributed by atoms with Crippen molar-refractivity contribution in [3.8, 4) is 0 Å². The van der Waals surface area contributed by atoms with Crippen molar-refractivity contribution in [1.29, 1.82) is 0 Å². The van der Waals surface area contributed by atoms with Crippen LogP contribution in [0.1, 0.15) is 25.5 Å². The van der Waals surface area contributed by atoms with E-state index in [1.807, 2.05) is 10.9 Å². The lowest BCUT2D eigenvalue weighted by Gasteiger charge is -2.02. The van der Waals surface area contributed by atoms with Gasteiger partial charge in [0.15, 0.2) is 0 Å². The summed E-state index contributed by atoms with van der Waals surface area (Å²) in [4.78, 5) is 0. The second-order valence-corrected chi connectivity index (χ2v) is 2.80. The van der Waals surface area contributed by atoms with E-state index in [1.165, 1.54) is 5.69 Å². The van der Waals surface area contributed by atoms with Crippen LogP contribution in [0.25, 0.3) is 0 Å². The Labute approximate surface area is 72.8 Å². The molecule has 0 aromatic carbocycles. The third-order valence-electron chi connectivity index (χ3n) is 1.88. The van der Waals surface area contributed by atoms with Gasteiger partial charge in [0, 0.05) is 6.54 Å². The molecule has 4 heteroatoms. The lowest BCUT2D eigenvalue weighted by atomic mass is 10.3. The summed E-state index contributed by atoms with van der Waals surface area (Å²) in [6, 6.07) is 0. The minimum Gasteiger partial charge on any atom is -0.330 e. The van der Waals surface area contributed by atoms with E-state index in [4.69, 9.17) is 5.73 Å². The van der Waals surface area contributed by atoms with Crippen molar-refractivity contribution in [3.63, 3.8) is 0 Å². The van der Waals surface area contributed by atoms with E-state index in [2.05, 4.69) is 17.2 Å². The van der Waals surface area contributed by atoms with Gasteiger partial charge in [0.1, 0.15) is 0 Å². The van der Waals surface area contributed by atoms with Crippen LogP contribution in [0.3, 0.4) is 0 Å². The van der Waals surface area contributed by atoms with Crippen molar-refractivity contribution >= 4 is 0 Å². The lowest BCUT2D eigenvalue weighted by molar-refractivity contribution is 0.528. The van der Waals surface area contributed by atoms with Gasteiger partial charge in [-0.25, -0.2) is 4.68 Å². The molecule has 1 heterocycles. The summed E-state index contributed by atoms with van der Waals surface area (Å²) in [5.41, 5.74) is 6.59. The van der Waals surface area contributed by atoms with Crippen molar-refractivity contribution in [2.24, 2.45) is 5.73 Å². The number of hydrogen-bond donors (Lipinski definition) is 1. The van der Waals surface area contributed by atoms with Gasteiger partial charge in [0.25, 0.3) is 0 Å². The van der Waals surface area contributed by atoms with Gasteiger partial charge in [-0.2, -0.15) is 0 Å². The van der Waals surface area contributed by atoms with E-state index in [0.717, 1.165) is 32.4 Å². The zero-order valence-electron chi connectivity index (χ0n) is 7.53. The first-order valence-electron chi connectivity index (χ1n) is 4.46. The van der Waals surface area contributed by atoms with E-state index in [0.29, 0.717) is 0 Å². The highest BCUT2D eigenvalue weighted by Gasteiger charge is 1.99. The fourth-order valence-corrected chi connectivity index (χ4v) is 1.15. The first kappa shape index (κ1) is 9.19. The molecule has 4 nitrogen and oxygen atoms in total. The molecular weight excluding hydrogens is 152 g/mol. The van der Waals surface area contributed by atoms with Crippen LogP contribution in [0.2, 0.25) is 0 Å². The minimum atomic E-state index is 0.760. The summed E-state index contributed by atoms with van der Waals surface area (Å²) in [6.07, 6.45) is 4.97. The van der Waals surface area contributed by atoms with Crippen LogP contribution in [0.15, 0.2) is 6.20 Å².